The molecule has 2 N–H and O–H groups in total. The molecule has 1 atom stereocenters. The number of hydrogen-bond acceptors (Lipinski definition) is 3. The molecule has 2 rings (SSSR count). The minimum absolute atomic E-state index is 0.467. The Hall–Kier alpha value is -1.81. The second-order valence-electron chi connectivity index (χ2n) is 6.09. The summed E-state index contributed by atoms with van der Waals surface area (Å²) in [6, 6.07) is 5.83. The number of anilines is 1. The number of rotatable bonds is 9. The van der Waals surface area contributed by atoms with Crippen LogP contribution in [-0.4, -0.2) is 42.2 Å². The third-order valence-electron chi connectivity index (χ3n) is 4.17. The van der Waals surface area contributed by atoms with E-state index < -0.39 is 12.0 Å². The lowest BCUT2D eigenvalue weighted by molar-refractivity contribution is -0.137. The van der Waals surface area contributed by atoms with Gasteiger partial charge in [-0.25, -0.2) is 4.79 Å². The Labute approximate surface area is 132 Å². The standard InChI is InChI=1S/C18H26N2O2/c1-3-10-20(2)11-6-4-5-7-14-8-9-16-15(12-14)13-17(19-16)18(21)22/h3,8-9,12,17,19H,1,4-7,10-11,13H2,2H3,(H,21,22). The molecule has 0 amide bonds. The third-order valence-corrected chi connectivity index (χ3v) is 4.17. The second kappa shape index (κ2) is 7.99. The lowest BCUT2D eigenvalue weighted by atomic mass is 10.0. The van der Waals surface area contributed by atoms with Gasteiger partial charge in [0.2, 0.25) is 0 Å². The molecule has 0 radical (unpaired) electrons. The highest BCUT2D eigenvalue weighted by molar-refractivity contribution is 5.81. The van der Waals surface area contributed by atoms with Crippen molar-refractivity contribution < 1.29 is 9.90 Å². The average Bonchev–Trinajstić information content (AvgIpc) is 2.90. The van der Waals surface area contributed by atoms with Crippen LogP contribution in [0.3, 0.4) is 0 Å². The molecule has 0 aliphatic carbocycles. The van der Waals surface area contributed by atoms with E-state index in [9.17, 15) is 4.79 Å². The van der Waals surface area contributed by atoms with E-state index in [-0.39, 0.29) is 0 Å². The maximum absolute atomic E-state index is 11.0. The first-order chi connectivity index (χ1) is 10.6. The number of carboxylic acids is 1. The van der Waals surface area contributed by atoms with Gasteiger partial charge in [-0.2, -0.15) is 0 Å². The van der Waals surface area contributed by atoms with E-state index in [1.54, 1.807) is 0 Å². The van der Waals surface area contributed by atoms with Crippen LogP contribution >= 0.6 is 0 Å². The molecule has 22 heavy (non-hydrogen) atoms. The molecule has 1 aliphatic heterocycles. The average molecular weight is 302 g/mol. The van der Waals surface area contributed by atoms with Crippen LogP contribution in [0.2, 0.25) is 0 Å². The van der Waals surface area contributed by atoms with Crippen LogP contribution in [0.5, 0.6) is 0 Å². The fourth-order valence-corrected chi connectivity index (χ4v) is 2.92. The quantitative estimate of drug-likeness (QED) is 0.544. The van der Waals surface area contributed by atoms with Gasteiger partial charge in [-0.3, -0.25) is 0 Å². The molecular weight excluding hydrogens is 276 g/mol. The normalized spacial score (nSPS) is 16.4. The van der Waals surface area contributed by atoms with Crippen LogP contribution in [0, 0.1) is 0 Å². The lowest BCUT2D eigenvalue weighted by Gasteiger charge is -2.13. The van der Waals surface area contributed by atoms with E-state index in [1.807, 2.05) is 12.1 Å². The zero-order chi connectivity index (χ0) is 15.9. The Bertz CT molecular complexity index is 528. The molecule has 120 valence electrons. The second-order valence-corrected chi connectivity index (χ2v) is 6.09. The molecule has 4 nitrogen and oxygen atoms in total. The zero-order valence-electron chi connectivity index (χ0n) is 13.3. The number of hydrogen-bond donors (Lipinski definition) is 2. The fraction of sp³-hybridized carbons (Fsp3) is 0.500. The van der Waals surface area contributed by atoms with Crippen molar-refractivity contribution in [1.29, 1.82) is 0 Å². The monoisotopic (exact) mass is 302 g/mol. The van der Waals surface area contributed by atoms with E-state index in [0.29, 0.717) is 6.42 Å². The van der Waals surface area contributed by atoms with Crippen LogP contribution in [-0.2, 0) is 17.6 Å². The highest BCUT2D eigenvalue weighted by atomic mass is 16.4. The maximum Gasteiger partial charge on any atom is 0.326 e. The Kier molecular flexibility index (Phi) is 6.01. The van der Waals surface area contributed by atoms with Crippen molar-refractivity contribution in [2.24, 2.45) is 0 Å². The van der Waals surface area contributed by atoms with Crippen molar-refractivity contribution in [2.45, 2.75) is 38.1 Å². The molecule has 1 heterocycles. The SMILES string of the molecule is C=CCN(C)CCCCCc1ccc2c(c1)CC(C(=O)O)N2. The summed E-state index contributed by atoms with van der Waals surface area (Å²) in [5.41, 5.74) is 3.42. The van der Waals surface area contributed by atoms with Crippen LogP contribution < -0.4 is 5.32 Å². The molecule has 0 fully saturated rings. The molecule has 1 aliphatic rings. The summed E-state index contributed by atoms with van der Waals surface area (Å²) in [4.78, 5) is 13.3. The largest absolute Gasteiger partial charge is 0.480 e. The van der Waals surface area contributed by atoms with E-state index in [4.69, 9.17) is 5.11 Å². The Morgan fingerprint density at radius 3 is 3.00 bits per heavy atom. The van der Waals surface area contributed by atoms with Crippen molar-refractivity contribution >= 4 is 11.7 Å². The summed E-state index contributed by atoms with van der Waals surface area (Å²) in [6.45, 7) is 5.80. The van der Waals surface area contributed by atoms with Crippen LogP contribution in [0.1, 0.15) is 30.4 Å². The summed E-state index contributed by atoms with van der Waals surface area (Å²) >= 11 is 0. The highest BCUT2D eigenvalue weighted by Crippen LogP contribution is 2.27. The number of likely N-dealkylation sites (N-methyl/N-ethyl adjacent to an activating group) is 1. The predicted octanol–water partition coefficient (Wildman–Crippen LogP) is 2.94. The fourth-order valence-electron chi connectivity index (χ4n) is 2.92. The van der Waals surface area contributed by atoms with Gasteiger partial charge >= 0.3 is 5.97 Å². The summed E-state index contributed by atoms with van der Waals surface area (Å²) < 4.78 is 0. The summed E-state index contributed by atoms with van der Waals surface area (Å²) in [5.74, 6) is -0.776. The number of nitrogens with one attached hydrogen (secondary N) is 1. The van der Waals surface area contributed by atoms with E-state index in [0.717, 1.165) is 30.8 Å². The number of fused-ring (bicyclic) bond motifs is 1. The highest BCUT2D eigenvalue weighted by Gasteiger charge is 2.26. The van der Waals surface area contributed by atoms with E-state index >= 15 is 0 Å². The maximum atomic E-state index is 11.0. The number of carbonyl (C=O) groups is 1. The van der Waals surface area contributed by atoms with Gasteiger partial charge in [0.15, 0.2) is 0 Å². The molecule has 1 aromatic carbocycles. The first-order valence-corrected chi connectivity index (χ1v) is 8.00. The van der Waals surface area contributed by atoms with Gasteiger partial charge < -0.3 is 15.3 Å². The van der Waals surface area contributed by atoms with Crippen molar-refractivity contribution in [2.75, 3.05) is 25.5 Å². The van der Waals surface area contributed by atoms with Gasteiger partial charge in [0.25, 0.3) is 0 Å². The summed E-state index contributed by atoms with van der Waals surface area (Å²) in [7, 11) is 2.12. The molecular formula is C18H26N2O2. The molecule has 1 unspecified atom stereocenters. The zero-order valence-corrected chi connectivity index (χ0v) is 13.3. The molecule has 1 aromatic rings. The first kappa shape index (κ1) is 16.6. The molecule has 4 heteroatoms. The minimum atomic E-state index is -0.776. The van der Waals surface area contributed by atoms with Gasteiger partial charge in [-0.05, 0) is 50.0 Å². The summed E-state index contributed by atoms with van der Waals surface area (Å²) in [5, 5.41) is 12.1. The number of carboxylic acid groups (broad SMARTS) is 1. The van der Waals surface area contributed by atoms with E-state index in [2.05, 4.69) is 36.0 Å². The van der Waals surface area contributed by atoms with Gasteiger partial charge in [0.05, 0.1) is 0 Å². The lowest BCUT2D eigenvalue weighted by Crippen LogP contribution is -2.26. The minimum Gasteiger partial charge on any atom is -0.480 e. The topological polar surface area (TPSA) is 52.6 Å². The predicted molar refractivity (Wildman–Crippen MR) is 90.4 cm³/mol. The third kappa shape index (κ3) is 4.60. The number of aliphatic carboxylic acids is 1. The number of nitrogens with zero attached hydrogens (tertiary/aromatic N) is 1. The molecule has 0 aromatic heterocycles. The van der Waals surface area contributed by atoms with E-state index in [1.165, 1.54) is 24.8 Å². The molecule has 0 bridgehead atoms. The van der Waals surface area contributed by atoms with Gasteiger partial charge in [0.1, 0.15) is 6.04 Å². The van der Waals surface area contributed by atoms with Gasteiger partial charge in [-0.1, -0.05) is 24.6 Å². The van der Waals surface area contributed by atoms with Gasteiger partial charge in [-0.15, -0.1) is 6.58 Å². The van der Waals surface area contributed by atoms with Crippen molar-refractivity contribution in [3.63, 3.8) is 0 Å². The molecule has 0 saturated heterocycles. The van der Waals surface area contributed by atoms with Crippen molar-refractivity contribution in [3.8, 4) is 0 Å². The van der Waals surface area contributed by atoms with Crippen LogP contribution in [0.4, 0.5) is 5.69 Å². The van der Waals surface area contributed by atoms with Crippen molar-refractivity contribution in [1.82, 2.24) is 4.90 Å². The smallest absolute Gasteiger partial charge is 0.326 e. The number of unbranched alkanes of at least 4 members (excludes halogenated alkanes) is 2. The summed E-state index contributed by atoms with van der Waals surface area (Å²) in [6.07, 6.45) is 7.19. The Morgan fingerprint density at radius 1 is 1.45 bits per heavy atom. The van der Waals surface area contributed by atoms with Crippen LogP contribution in [0.25, 0.3) is 0 Å². The van der Waals surface area contributed by atoms with Gasteiger partial charge in [0, 0.05) is 18.7 Å². The van der Waals surface area contributed by atoms with Crippen LogP contribution in [0.15, 0.2) is 30.9 Å². The molecule has 0 spiro atoms. The Morgan fingerprint density at radius 2 is 2.27 bits per heavy atom. The number of aryl methyl sites for hydroxylation is 1. The van der Waals surface area contributed by atoms with Crippen molar-refractivity contribution in [3.05, 3.63) is 42.0 Å². The molecule has 0 saturated carbocycles. The Balaban J connectivity index is 1.73. The first-order valence-electron chi connectivity index (χ1n) is 8.00. The number of benzene rings is 1.